The van der Waals surface area contributed by atoms with Gasteiger partial charge >= 0.3 is 11.8 Å². The Morgan fingerprint density at radius 3 is 2.65 bits per heavy atom. The molecule has 2 aromatic rings. The molecule has 0 radical (unpaired) electrons. The molecular weight excluding hydrogens is 254 g/mol. The van der Waals surface area contributed by atoms with Gasteiger partial charge in [-0.25, -0.2) is 0 Å². The van der Waals surface area contributed by atoms with E-state index in [-0.39, 0.29) is 0 Å². The topological polar surface area (TPSA) is 62.3 Å². The van der Waals surface area contributed by atoms with Crippen LogP contribution in [0.3, 0.4) is 0 Å². The van der Waals surface area contributed by atoms with E-state index in [9.17, 15) is 9.59 Å². The van der Waals surface area contributed by atoms with Crippen LogP contribution in [0.1, 0.15) is 12.8 Å². The number of hydrogen-bond acceptors (Lipinski definition) is 3. The molecule has 2 amide bonds. The van der Waals surface area contributed by atoms with Gasteiger partial charge in [-0.15, -0.1) is 0 Å². The van der Waals surface area contributed by atoms with Crippen molar-refractivity contribution in [1.29, 1.82) is 0 Å². The van der Waals surface area contributed by atoms with Crippen molar-refractivity contribution in [1.82, 2.24) is 9.88 Å². The lowest BCUT2D eigenvalue weighted by molar-refractivity contribution is -0.142. The van der Waals surface area contributed by atoms with Crippen molar-refractivity contribution in [2.24, 2.45) is 0 Å². The van der Waals surface area contributed by atoms with Crippen LogP contribution in [0.25, 0.3) is 10.9 Å². The average molecular weight is 269 g/mol. The Morgan fingerprint density at radius 1 is 1.10 bits per heavy atom. The number of fused-ring (bicyclic) bond motifs is 1. The quantitative estimate of drug-likeness (QED) is 0.803. The van der Waals surface area contributed by atoms with E-state index < -0.39 is 11.8 Å². The molecule has 0 unspecified atom stereocenters. The van der Waals surface area contributed by atoms with Crippen LogP contribution in [-0.2, 0) is 9.59 Å². The Balaban J connectivity index is 1.82. The van der Waals surface area contributed by atoms with Crippen LogP contribution in [0.15, 0.2) is 36.5 Å². The van der Waals surface area contributed by atoms with Gasteiger partial charge in [-0.1, -0.05) is 18.2 Å². The molecule has 0 aliphatic carbocycles. The summed E-state index contributed by atoms with van der Waals surface area (Å²) in [4.78, 5) is 29.8. The van der Waals surface area contributed by atoms with Crippen LogP contribution in [-0.4, -0.2) is 34.8 Å². The van der Waals surface area contributed by atoms with E-state index in [4.69, 9.17) is 0 Å². The van der Waals surface area contributed by atoms with E-state index in [0.717, 1.165) is 18.2 Å². The molecule has 1 aliphatic rings. The van der Waals surface area contributed by atoms with Gasteiger partial charge in [0.1, 0.15) is 0 Å². The minimum atomic E-state index is -0.593. The Labute approximate surface area is 116 Å². The minimum Gasteiger partial charge on any atom is -0.334 e. The summed E-state index contributed by atoms with van der Waals surface area (Å²) in [5.74, 6) is -1.06. The Kier molecular flexibility index (Phi) is 3.33. The zero-order valence-corrected chi connectivity index (χ0v) is 11.0. The molecule has 2 heterocycles. The van der Waals surface area contributed by atoms with Gasteiger partial charge in [-0.3, -0.25) is 14.6 Å². The maximum Gasteiger partial charge on any atom is 0.313 e. The molecule has 5 nitrogen and oxygen atoms in total. The molecule has 1 aliphatic heterocycles. The number of carbonyl (C=O) groups excluding carboxylic acids is 2. The summed E-state index contributed by atoms with van der Waals surface area (Å²) in [7, 11) is 0. The third-order valence-electron chi connectivity index (χ3n) is 3.47. The lowest BCUT2D eigenvalue weighted by Crippen LogP contribution is -2.37. The summed E-state index contributed by atoms with van der Waals surface area (Å²) in [5, 5.41) is 3.60. The second kappa shape index (κ2) is 5.28. The molecule has 102 valence electrons. The molecule has 0 bridgehead atoms. The highest BCUT2D eigenvalue weighted by Gasteiger charge is 2.24. The van der Waals surface area contributed by atoms with E-state index in [0.29, 0.717) is 24.3 Å². The molecule has 3 rings (SSSR count). The predicted molar refractivity (Wildman–Crippen MR) is 76.2 cm³/mol. The highest BCUT2D eigenvalue weighted by molar-refractivity contribution is 6.40. The highest BCUT2D eigenvalue weighted by Crippen LogP contribution is 2.20. The van der Waals surface area contributed by atoms with Crippen LogP contribution in [0.2, 0.25) is 0 Å². The number of hydrogen-bond donors (Lipinski definition) is 1. The number of benzene rings is 1. The molecule has 0 saturated carbocycles. The largest absolute Gasteiger partial charge is 0.334 e. The standard InChI is InChI=1S/C15H15N3O2/c19-14(15(20)18-9-1-2-10-18)17-12-7-3-5-11-6-4-8-16-13(11)12/h3-8H,1-2,9-10H2,(H,17,19). The molecular formula is C15H15N3O2. The number of amides is 2. The highest BCUT2D eigenvalue weighted by atomic mass is 16.2. The van der Waals surface area contributed by atoms with Gasteiger partial charge in [0, 0.05) is 24.7 Å². The third kappa shape index (κ3) is 2.34. The van der Waals surface area contributed by atoms with Gasteiger partial charge < -0.3 is 10.2 Å². The van der Waals surface area contributed by atoms with Gasteiger partial charge in [-0.2, -0.15) is 0 Å². The smallest absolute Gasteiger partial charge is 0.313 e. The van der Waals surface area contributed by atoms with Crippen LogP contribution >= 0.6 is 0 Å². The summed E-state index contributed by atoms with van der Waals surface area (Å²) in [5.41, 5.74) is 1.26. The van der Waals surface area contributed by atoms with Crippen molar-refractivity contribution in [3.05, 3.63) is 36.5 Å². The van der Waals surface area contributed by atoms with E-state index in [2.05, 4.69) is 10.3 Å². The van der Waals surface area contributed by atoms with E-state index in [1.54, 1.807) is 17.2 Å². The van der Waals surface area contributed by atoms with Gasteiger partial charge in [0.15, 0.2) is 0 Å². The number of likely N-dealkylation sites (tertiary alicyclic amines) is 1. The van der Waals surface area contributed by atoms with E-state index in [1.807, 2.05) is 24.3 Å². The zero-order valence-electron chi connectivity index (χ0n) is 11.0. The Bertz CT molecular complexity index is 658. The number of pyridine rings is 1. The summed E-state index contributed by atoms with van der Waals surface area (Å²) in [6, 6.07) is 9.26. The fraction of sp³-hybridized carbons (Fsp3) is 0.267. The van der Waals surface area contributed by atoms with Crippen LogP contribution in [0.5, 0.6) is 0 Å². The first-order valence-corrected chi connectivity index (χ1v) is 6.70. The van der Waals surface area contributed by atoms with Crippen molar-refractivity contribution in [3.63, 3.8) is 0 Å². The Morgan fingerprint density at radius 2 is 1.85 bits per heavy atom. The monoisotopic (exact) mass is 269 g/mol. The van der Waals surface area contributed by atoms with Crippen LogP contribution in [0.4, 0.5) is 5.69 Å². The molecule has 5 heteroatoms. The zero-order chi connectivity index (χ0) is 13.9. The molecule has 1 aromatic carbocycles. The number of para-hydroxylation sites is 1. The fourth-order valence-electron chi connectivity index (χ4n) is 2.44. The maximum atomic E-state index is 12.0. The van der Waals surface area contributed by atoms with Crippen molar-refractivity contribution >= 4 is 28.4 Å². The first-order chi connectivity index (χ1) is 9.75. The molecule has 20 heavy (non-hydrogen) atoms. The van der Waals surface area contributed by atoms with Crippen LogP contribution < -0.4 is 5.32 Å². The first kappa shape index (κ1) is 12.6. The van der Waals surface area contributed by atoms with Gasteiger partial charge in [0.2, 0.25) is 0 Å². The number of nitrogens with zero attached hydrogens (tertiary/aromatic N) is 2. The summed E-state index contributed by atoms with van der Waals surface area (Å²) in [6.45, 7) is 1.33. The second-order valence-electron chi connectivity index (χ2n) is 4.83. The number of anilines is 1. The van der Waals surface area contributed by atoms with Gasteiger partial charge in [-0.05, 0) is 25.0 Å². The SMILES string of the molecule is O=C(Nc1cccc2cccnc12)C(=O)N1CCCC1. The summed E-state index contributed by atoms with van der Waals surface area (Å²) in [6.07, 6.45) is 3.60. The minimum absolute atomic E-state index is 0.463. The average Bonchev–Trinajstić information content (AvgIpc) is 3.01. The Hall–Kier alpha value is -2.43. The number of carbonyl (C=O) groups is 2. The first-order valence-electron chi connectivity index (χ1n) is 6.70. The lowest BCUT2D eigenvalue weighted by Gasteiger charge is -2.14. The number of nitrogens with one attached hydrogen (secondary N) is 1. The van der Waals surface area contributed by atoms with Crippen molar-refractivity contribution in [2.45, 2.75) is 12.8 Å². The normalized spacial score (nSPS) is 14.5. The summed E-state index contributed by atoms with van der Waals surface area (Å²) >= 11 is 0. The number of rotatable bonds is 1. The van der Waals surface area contributed by atoms with Gasteiger partial charge in [0.05, 0.1) is 11.2 Å². The predicted octanol–water partition coefficient (Wildman–Crippen LogP) is 1.80. The van der Waals surface area contributed by atoms with Crippen molar-refractivity contribution < 1.29 is 9.59 Å². The fourth-order valence-corrected chi connectivity index (χ4v) is 2.44. The van der Waals surface area contributed by atoms with Crippen molar-refractivity contribution in [2.75, 3.05) is 18.4 Å². The molecule has 0 spiro atoms. The third-order valence-corrected chi connectivity index (χ3v) is 3.47. The van der Waals surface area contributed by atoms with Gasteiger partial charge in [0.25, 0.3) is 0 Å². The second-order valence-corrected chi connectivity index (χ2v) is 4.83. The van der Waals surface area contributed by atoms with Crippen LogP contribution in [0, 0.1) is 0 Å². The molecule has 0 atom stereocenters. The number of aromatic nitrogens is 1. The molecule has 1 aromatic heterocycles. The maximum absolute atomic E-state index is 12.0. The van der Waals surface area contributed by atoms with Crippen molar-refractivity contribution in [3.8, 4) is 0 Å². The lowest BCUT2D eigenvalue weighted by atomic mass is 10.2. The molecule has 1 fully saturated rings. The summed E-state index contributed by atoms with van der Waals surface area (Å²) < 4.78 is 0. The van der Waals surface area contributed by atoms with E-state index in [1.165, 1.54) is 0 Å². The molecule has 1 N–H and O–H groups in total. The van der Waals surface area contributed by atoms with E-state index >= 15 is 0 Å². The molecule has 1 saturated heterocycles.